The highest BCUT2D eigenvalue weighted by molar-refractivity contribution is 9.10. The molecule has 0 aliphatic carbocycles. The Labute approximate surface area is 118 Å². The van der Waals surface area contributed by atoms with E-state index in [1.54, 1.807) is 12.1 Å². The Morgan fingerprint density at radius 1 is 1.56 bits per heavy atom. The molecule has 1 aromatic carbocycles. The van der Waals surface area contributed by atoms with Crippen LogP contribution in [0.5, 0.6) is 5.75 Å². The lowest BCUT2D eigenvalue weighted by atomic mass is 10.2. The summed E-state index contributed by atoms with van der Waals surface area (Å²) in [7, 11) is 0. The molecule has 0 amide bonds. The second-order valence-corrected chi connectivity index (χ2v) is 5.37. The van der Waals surface area contributed by atoms with Crippen molar-refractivity contribution in [2.75, 3.05) is 6.61 Å². The van der Waals surface area contributed by atoms with Crippen molar-refractivity contribution in [2.24, 2.45) is 0 Å². The minimum atomic E-state index is -0.919. The SMILES string of the molecule is O=C(O)C1CCC(COc2cc(Br)ccc2Cl)O1. The first kappa shape index (κ1) is 13.6. The lowest BCUT2D eigenvalue weighted by molar-refractivity contribution is -0.149. The molecular formula is C12H12BrClO4. The van der Waals surface area contributed by atoms with Crippen molar-refractivity contribution < 1.29 is 19.4 Å². The van der Waals surface area contributed by atoms with Gasteiger partial charge in [0.2, 0.25) is 0 Å². The second-order valence-electron chi connectivity index (χ2n) is 4.05. The number of ether oxygens (including phenoxy) is 2. The molecule has 2 rings (SSSR count). The average molecular weight is 336 g/mol. The molecule has 1 N–H and O–H groups in total. The first-order chi connectivity index (χ1) is 8.56. The van der Waals surface area contributed by atoms with Crippen LogP contribution in [0.25, 0.3) is 0 Å². The van der Waals surface area contributed by atoms with E-state index in [9.17, 15) is 4.79 Å². The Bertz CT molecular complexity index is 452. The Kier molecular flexibility index (Phi) is 4.48. The average Bonchev–Trinajstić information content (AvgIpc) is 2.79. The van der Waals surface area contributed by atoms with E-state index >= 15 is 0 Å². The first-order valence-corrected chi connectivity index (χ1v) is 6.69. The number of carboxylic acids is 1. The summed E-state index contributed by atoms with van der Waals surface area (Å²) in [6.07, 6.45) is 0.302. The fourth-order valence-electron chi connectivity index (χ4n) is 1.78. The van der Waals surface area contributed by atoms with E-state index in [-0.39, 0.29) is 6.10 Å². The van der Waals surface area contributed by atoms with Gasteiger partial charge in [-0.15, -0.1) is 0 Å². The van der Waals surface area contributed by atoms with E-state index in [0.29, 0.717) is 30.2 Å². The van der Waals surface area contributed by atoms with Crippen LogP contribution in [0, 0.1) is 0 Å². The number of rotatable bonds is 4. The maximum absolute atomic E-state index is 10.7. The van der Waals surface area contributed by atoms with Gasteiger partial charge in [0.05, 0.1) is 11.1 Å². The minimum Gasteiger partial charge on any atom is -0.489 e. The lowest BCUT2D eigenvalue weighted by Gasteiger charge is -2.13. The van der Waals surface area contributed by atoms with Gasteiger partial charge in [0, 0.05) is 4.47 Å². The standard InChI is InChI=1S/C12H12BrClO4/c13-7-1-3-9(14)11(5-7)17-6-8-2-4-10(18-8)12(15)16/h1,3,5,8,10H,2,4,6H2,(H,15,16). The Morgan fingerprint density at radius 2 is 2.33 bits per heavy atom. The quantitative estimate of drug-likeness (QED) is 0.918. The molecule has 0 spiro atoms. The van der Waals surface area contributed by atoms with E-state index < -0.39 is 12.1 Å². The van der Waals surface area contributed by atoms with E-state index in [0.717, 1.165) is 4.47 Å². The maximum atomic E-state index is 10.7. The van der Waals surface area contributed by atoms with Crippen LogP contribution >= 0.6 is 27.5 Å². The summed E-state index contributed by atoms with van der Waals surface area (Å²) >= 11 is 9.31. The number of aliphatic carboxylic acids is 1. The molecule has 0 radical (unpaired) electrons. The summed E-state index contributed by atoms with van der Waals surface area (Å²) in [6.45, 7) is 0.306. The molecule has 4 nitrogen and oxygen atoms in total. The number of hydrogen-bond donors (Lipinski definition) is 1. The molecule has 1 aliphatic rings. The monoisotopic (exact) mass is 334 g/mol. The van der Waals surface area contributed by atoms with Gasteiger partial charge in [-0.05, 0) is 31.0 Å². The molecule has 1 saturated heterocycles. The van der Waals surface area contributed by atoms with Gasteiger partial charge in [-0.2, -0.15) is 0 Å². The largest absolute Gasteiger partial charge is 0.489 e. The van der Waals surface area contributed by atoms with Gasteiger partial charge in [0.1, 0.15) is 12.4 Å². The predicted octanol–water partition coefficient (Wildman–Crippen LogP) is 3.11. The molecule has 1 aromatic rings. The number of hydrogen-bond acceptors (Lipinski definition) is 3. The highest BCUT2D eigenvalue weighted by atomic mass is 79.9. The third-order valence-corrected chi connectivity index (χ3v) is 3.51. The minimum absolute atomic E-state index is 0.193. The first-order valence-electron chi connectivity index (χ1n) is 5.52. The van der Waals surface area contributed by atoms with Gasteiger partial charge in [0.25, 0.3) is 0 Å². The van der Waals surface area contributed by atoms with Crippen LogP contribution in [0.15, 0.2) is 22.7 Å². The molecule has 98 valence electrons. The fourth-order valence-corrected chi connectivity index (χ4v) is 2.29. The van der Waals surface area contributed by atoms with Crippen molar-refractivity contribution in [1.29, 1.82) is 0 Å². The van der Waals surface area contributed by atoms with Crippen molar-refractivity contribution in [2.45, 2.75) is 25.0 Å². The maximum Gasteiger partial charge on any atom is 0.332 e. The van der Waals surface area contributed by atoms with Crippen LogP contribution in [0.1, 0.15) is 12.8 Å². The van der Waals surface area contributed by atoms with Crippen LogP contribution in [0.4, 0.5) is 0 Å². The molecule has 1 fully saturated rings. The summed E-state index contributed by atoms with van der Waals surface area (Å²) in [6, 6.07) is 5.32. The van der Waals surface area contributed by atoms with E-state index in [4.69, 9.17) is 26.2 Å². The summed E-state index contributed by atoms with van der Waals surface area (Å²) in [4.78, 5) is 10.7. The highest BCUT2D eigenvalue weighted by Gasteiger charge is 2.30. The van der Waals surface area contributed by atoms with Gasteiger partial charge < -0.3 is 14.6 Å². The normalized spacial score (nSPS) is 23.0. The zero-order valence-electron chi connectivity index (χ0n) is 9.44. The highest BCUT2D eigenvalue weighted by Crippen LogP contribution is 2.29. The smallest absolute Gasteiger partial charge is 0.332 e. The molecule has 1 aliphatic heterocycles. The third kappa shape index (κ3) is 3.37. The van der Waals surface area contributed by atoms with Crippen LogP contribution in [-0.2, 0) is 9.53 Å². The number of benzene rings is 1. The summed E-state index contributed by atoms with van der Waals surface area (Å²) in [5.41, 5.74) is 0. The summed E-state index contributed by atoms with van der Waals surface area (Å²) < 4.78 is 11.8. The molecule has 6 heteroatoms. The molecule has 0 bridgehead atoms. The van der Waals surface area contributed by atoms with E-state index in [1.807, 2.05) is 6.07 Å². The number of halogens is 2. The molecule has 1 heterocycles. The van der Waals surface area contributed by atoms with Gasteiger partial charge in [0.15, 0.2) is 6.10 Å². The fraction of sp³-hybridized carbons (Fsp3) is 0.417. The van der Waals surface area contributed by atoms with Crippen molar-refractivity contribution >= 4 is 33.5 Å². The molecule has 18 heavy (non-hydrogen) atoms. The molecule has 0 aromatic heterocycles. The zero-order valence-corrected chi connectivity index (χ0v) is 11.8. The Balaban J connectivity index is 1.89. The summed E-state index contributed by atoms with van der Waals surface area (Å²) in [5.74, 6) is -0.355. The van der Waals surface area contributed by atoms with E-state index in [2.05, 4.69) is 15.9 Å². The van der Waals surface area contributed by atoms with Gasteiger partial charge in [-0.1, -0.05) is 27.5 Å². The zero-order chi connectivity index (χ0) is 13.1. The predicted molar refractivity (Wildman–Crippen MR) is 70.2 cm³/mol. The molecule has 2 unspecified atom stereocenters. The lowest BCUT2D eigenvalue weighted by Crippen LogP contribution is -2.23. The van der Waals surface area contributed by atoms with Crippen LogP contribution in [0.2, 0.25) is 5.02 Å². The number of carboxylic acid groups (broad SMARTS) is 1. The second kappa shape index (κ2) is 5.91. The van der Waals surface area contributed by atoms with Crippen LogP contribution < -0.4 is 4.74 Å². The molecule has 0 saturated carbocycles. The molecular weight excluding hydrogens is 323 g/mol. The summed E-state index contributed by atoms with van der Waals surface area (Å²) in [5, 5.41) is 9.32. The van der Waals surface area contributed by atoms with Crippen molar-refractivity contribution in [3.8, 4) is 5.75 Å². The van der Waals surface area contributed by atoms with Crippen molar-refractivity contribution in [3.05, 3.63) is 27.7 Å². The molecule has 2 atom stereocenters. The van der Waals surface area contributed by atoms with Crippen LogP contribution in [-0.4, -0.2) is 29.9 Å². The van der Waals surface area contributed by atoms with E-state index in [1.165, 1.54) is 0 Å². The topological polar surface area (TPSA) is 55.8 Å². The number of carbonyl (C=O) groups is 1. The van der Waals surface area contributed by atoms with Crippen LogP contribution in [0.3, 0.4) is 0 Å². The third-order valence-electron chi connectivity index (χ3n) is 2.70. The van der Waals surface area contributed by atoms with Gasteiger partial charge in [-0.3, -0.25) is 0 Å². The Hall–Kier alpha value is -0.780. The van der Waals surface area contributed by atoms with Crippen molar-refractivity contribution in [3.63, 3.8) is 0 Å². The van der Waals surface area contributed by atoms with Gasteiger partial charge >= 0.3 is 5.97 Å². The van der Waals surface area contributed by atoms with Crippen molar-refractivity contribution in [1.82, 2.24) is 0 Å². The van der Waals surface area contributed by atoms with Gasteiger partial charge in [-0.25, -0.2) is 4.79 Å². The Morgan fingerprint density at radius 3 is 3.00 bits per heavy atom.